The summed E-state index contributed by atoms with van der Waals surface area (Å²) in [5, 5.41) is 14.4. The van der Waals surface area contributed by atoms with Crippen LogP contribution in [0, 0.1) is 10.1 Å². The molecule has 2 saturated heterocycles. The number of ether oxygens (including phenoxy) is 1. The quantitative estimate of drug-likeness (QED) is 0.628. The molecule has 2 heterocycles. The first-order valence-electron chi connectivity index (χ1n) is 8.77. The van der Waals surface area contributed by atoms with Crippen LogP contribution in [0.2, 0.25) is 0 Å². The molecule has 2 aliphatic heterocycles. The molecule has 0 radical (unpaired) electrons. The Hall–Kier alpha value is -2.35. The number of likely N-dealkylation sites (tertiary alicyclic amines) is 1. The molecule has 8 nitrogen and oxygen atoms in total. The van der Waals surface area contributed by atoms with E-state index in [0.29, 0.717) is 30.6 Å². The topological polar surface area (TPSA) is 87.9 Å². The summed E-state index contributed by atoms with van der Waals surface area (Å²) in [6.07, 6.45) is 3.28. The van der Waals surface area contributed by atoms with Crippen LogP contribution in [0.1, 0.15) is 26.2 Å². The number of nitrogens with one attached hydrogen (secondary N) is 1. The number of anilines is 2. The minimum absolute atomic E-state index is 0.0371. The number of carbonyl (C=O) groups is 1. The zero-order valence-electron chi connectivity index (χ0n) is 14.4. The molecular formula is C17H24N4O4. The third-order valence-electron chi connectivity index (χ3n) is 4.90. The summed E-state index contributed by atoms with van der Waals surface area (Å²) in [5.74, 6) is 0. The Bertz CT molecular complexity index is 652. The first kappa shape index (κ1) is 17.5. The van der Waals surface area contributed by atoms with Gasteiger partial charge < -0.3 is 10.1 Å². The number of non-ortho nitro benzene ring substituents is 1. The second-order valence-corrected chi connectivity index (χ2v) is 6.53. The third-order valence-corrected chi connectivity index (χ3v) is 4.90. The van der Waals surface area contributed by atoms with Gasteiger partial charge in [0.2, 0.25) is 0 Å². The highest BCUT2D eigenvalue weighted by molar-refractivity contribution is 5.94. The van der Waals surface area contributed by atoms with Crippen molar-refractivity contribution < 1.29 is 14.5 Å². The van der Waals surface area contributed by atoms with Crippen molar-refractivity contribution in [1.82, 2.24) is 4.90 Å². The molecular weight excluding hydrogens is 324 g/mol. The molecule has 8 heteroatoms. The normalized spacial score (nSPS) is 21.2. The standard InChI is InChI=1S/C17H24N4O4/c1-13-4-2-3-8-19(13)9-7-18-15-6-5-14(21(23)24)12-16(15)20-10-11-25-17(20)22/h5-6,12-13,18H,2-4,7-11H2,1H3. The van der Waals surface area contributed by atoms with Gasteiger partial charge in [-0.15, -0.1) is 0 Å². The molecule has 1 atom stereocenters. The Kier molecular flexibility index (Phi) is 5.37. The fraction of sp³-hybridized carbons (Fsp3) is 0.588. The lowest BCUT2D eigenvalue weighted by molar-refractivity contribution is -0.384. The Labute approximate surface area is 146 Å². The monoisotopic (exact) mass is 348 g/mol. The van der Waals surface area contributed by atoms with E-state index in [-0.39, 0.29) is 5.69 Å². The molecule has 1 N–H and O–H groups in total. The van der Waals surface area contributed by atoms with Gasteiger partial charge in [0.1, 0.15) is 6.61 Å². The molecule has 136 valence electrons. The van der Waals surface area contributed by atoms with E-state index in [9.17, 15) is 14.9 Å². The van der Waals surface area contributed by atoms with Gasteiger partial charge in [0.05, 0.1) is 22.8 Å². The predicted molar refractivity (Wildman–Crippen MR) is 95.2 cm³/mol. The minimum Gasteiger partial charge on any atom is -0.447 e. The van der Waals surface area contributed by atoms with E-state index in [0.717, 1.165) is 19.6 Å². The summed E-state index contributed by atoms with van der Waals surface area (Å²) in [6.45, 7) is 5.68. The zero-order chi connectivity index (χ0) is 17.8. The van der Waals surface area contributed by atoms with Crippen LogP contribution in [0.5, 0.6) is 0 Å². The van der Waals surface area contributed by atoms with E-state index in [1.54, 1.807) is 6.07 Å². The Morgan fingerprint density at radius 2 is 2.20 bits per heavy atom. The van der Waals surface area contributed by atoms with E-state index in [4.69, 9.17) is 4.74 Å². The molecule has 0 saturated carbocycles. The van der Waals surface area contributed by atoms with E-state index < -0.39 is 11.0 Å². The maximum atomic E-state index is 11.9. The third kappa shape index (κ3) is 4.01. The van der Waals surface area contributed by atoms with E-state index in [1.807, 2.05) is 0 Å². The summed E-state index contributed by atoms with van der Waals surface area (Å²) < 4.78 is 4.97. The van der Waals surface area contributed by atoms with Crippen molar-refractivity contribution in [1.29, 1.82) is 0 Å². The van der Waals surface area contributed by atoms with E-state index in [1.165, 1.54) is 36.3 Å². The van der Waals surface area contributed by atoms with Crippen LogP contribution in [0.25, 0.3) is 0 Å². The van der Waals surface area contributed by atoms with Gasteiger partial charge >= 0.3 is 6.09 Å². The van der Waals surface area contributed by atoms with Crippen LogP contribution in [-0.4, -0.2) is 54.7 Å². The minimum atomic E-state index is -0.465. The summed E-state index contributed by atoms with van der Waals surface area (Å²) >= 11 is 0. The fourth-order valence-electron chi connectivity index (χ4n) is 3.44. The van der Waals surface area contributed by atoms with Gasteiger partial charge in [-0.1, -0.05) is 6.42 Å². The van der Waals surface area contributed by atoms with Crippen molar-refractivity contribution in [2.75, 3.05) is 43.0 Å². The fourth-order valence-corrected chi connectivity index (χ4v) is 3.44. The van der Waals surface area contributed by atoms with Gasteiger partial charge in [-0.2, -0.15) is 0 Å². The second-order valence-electron chi connectivity index (χ2n) is 6.53. The lowest BCUT2D eigenvalue weighted by Crippen LogP contribution is -2.40. The van der Waals surface area contributed by atoms with Gasteiger partial charge in [-0.3, -0.25) is 19.9 Å². The molecule has 1 aromatic rings. The summed E-state index contributed by atoms with van der Waals surface area (Å²) in [7, 11) is 0. The van der Waals surface area contributed by atoms with Crippen LogP contribution in [-0.2, 0) is 4.74 Å². The first-order chi connectivity index (χ1) is 12.1. The highest BCUT2D eigenvalue weighted by Gasteiger charge is 2.27. The molecule has 1 aromatic carbocycles. The largest absolute Gasteiger partial charge is 0.447 e. The number of cyclic esters (lactones) is 1. The van der Waals surface area contributed by atoms with Crippen molar-refractivity contribution in [3.63, 3.8) is 0 Å². The van der Waals surface area contributed by atoms with Gasteiger partial charge in [0, 0.05) is 31.3 Å². The molecule has 1 amide bonds. The Morgan fingerprint density at radius 1 is 1.36 bits per heavy atom. The molecule has 25 heavy (non-hydrogen) atoms. The Morgan fingerprint density at radius 3 is 2.88 bits per heavy atom. The SMILES string of the molecule is CC1CCCCN1CCNc1ccc([N+](=O)[O-])cc1N1CCOC1=O. The molecule has 2 aliphatic rings. The number of amides is 1. The molecule has 0 bridgehead atoms. The van der Waals surface area contributed by atoms with Crippen LogP contribution < -0.4 is 10.2 Å². The average molecular weight is 348 g/mol. The van der Waals surface area contributed by atoms with Crippen LogP contribution in [0.3, 0.4) is 0 Å². The van der Waals surface area contributed by atoms with Gasteiger partial charge in [-0.25, -0.2) is 4.79 Å². The lowest BCUT2D eigenvalue weighted by Gasteiger charge is -2.33. The maximum absolute atomic E-state index is 11.9. The second kappa shape index (κ2) is 7.69. The van der Waals surface area contributed by atoms with Gasteiger partial charge in [0.25, 0.3) is 5.69 Å². The number of rotatable bonds is 6. The van der Waals surface area contributed by atoms with Crippen molar-refractivity contribution in [2.45, 2.75) is 32.2 Å². The van der Waals surface area contributed by atoms with Crippen molar-refractivity contribution in [3.05, 3.63) is 28.3 Å². The van der Waals surface area contributed by atoms with Crippen molar-refractivity contribution >= 4 is 23.2 Å². The van der Waals surface area contributed by atoms with Crippen molar-refractivity contribution in [3.8, 4) is 0 Å². The maximum Gasteiger partial charge on any atom is 0.414 e. The molecule has 3 rings (SSSR count). The molecule has 2 fully saturated rings. The van der Waals surface area contributed by atoms with Crippen LogP contribution in [0.15, 0.2) is 18.2 Å². The number of nitro benzene ring substituents is 1. The molecule has 0 aromatic heterocycles. The first-order valence-corrected chi connectivity index (χ1v) is 8.77. The summed E-state index contributed by atoms with van der Waals surface area (Å²) in [5.41, 5.74) is 1.18. The molecule has 0 spiro atoms. The number of carbonyl (C=O) groups excluding carboxylic acids is 1. The summed E-state index contributed by atoms with van der Waals surface area (Å²) in [6, 6.07) is 5.13. The van der Waals surface area contributed by atoms with E-state index in [2.05, 4.69) is 17.1 Å². The number of piperidine rings is 1. The molecule has 0 aliphatic carbocycles. The highest BCUT2D eigenvalue weighted by Crippen LogP contribution is 2.32. The van der Waals surface area contributed by atoms with Gasteiger partial charge in [-0.05, 0) is 32.4 Å². The zero-order valence-corrected chi connectivity index (χ0v) is 14.4. The van der Waals surface area contributed by atoms with Crippen LogP contribution in [0.4, 0.5) is 21.9 Å². The van der Waals surface area contributed by atoms with E-state index >= 15 is 0 Å². The number of nitrogens with zero attached hydrogens (tertiary/aromatic N) is 3. The lowest BCUT2D eigenvalue weighted by atomic mass is 10.0. The highest BCUT2D eigenvalue weighted by atomic mass is 16.6. The number of hydrogen-bond acceptors (Lipinski definition) is 6. The number of benzene rings is 1. The Balaban J connectivity index is 1.71. The smallest absolute Gasteiger partial charge is 0.414 e. The summed E-state index contributed by atoms with van der Waals surface area (Å²) in [4.78, 5) is 26.4. The average Bonchev–Trinajstić information content (AvgIpc) is 3.02. The predicted octanol–water partition coefficient (Wildman–Crippen LogP) is 2.84. The van der Waals surface area contributed by atoms with Crippen LogP contribution >= 0.6 is 0 Å². The molecule has 1 unspecified atom stereocenters. The number of nitro groups is 1. The van der Waals surface area contributed by atoms with Crippen molar-refractivity contribution in [2.24, 2.45) is 0 Å². The number of hydrogen-bond donors (Lipinski definition) is 1. The van der Waals surface area contributed by atoms with Gasteiger partial charge in [0.15, 0.2) is 0 Å².